The van der Waals surface area contributed by atoms with Crippen LogP contribution in [0.2, 0.25) is 0 Å². The normalized spacial score (nSPS) is 16.0. The van der Waals surface area contributed by atoms with Gasteiger partial charge in [-0.25, -0.2) is 0 Å². The summed E-state index contributed by atoms with van der Waals surface area (Å²) in [5.74, 6) is 0.913. The van der Waals surface area contributed by atoms with Gasteiger partial charge >= 0.3 is 0 Å². The van der Waals surface area contributed by atoms with Gasteiger partial charge in [0.25, 0.3) is 0 Å². The van der Waals surface area contributed by atoms with Crippen LogP contribution >= 0.6 is 11.3 Å². The number of thiophene rings is 1. The third-order valence-corrected chi connectivity index (χ3v) is 5.96. The summed E-state index contributed by atoms with van der Waals surface area (Å²) in [7, 11) is 2.19. The van der Waals surface area contributed by atoms with E-state index in [2.05, 4.69) is 47.2 Å². The molecule has 3 nitrogen and oxygen atoms in total. The minimum absolute atomic E-state index is 0.275. The summed E-state index contributed by atoms with van der Waals surface area (Å²) in [6.07, 6.45) is 3.87. The maximum absolute atomic E-state index is 12.9. The fourth-order valence-corrected chi connectivity index (χ4v) is 4.15. The Morgan fingerprint density at radius 1 is 1.16 bits per heavy atom. The predicted octanol–water partition coefficient (Wildman–Crippen LogP) is 3.70. The molecule has 0 unspecified atom stereocenters. The number of carbonyl (C=O) groups excluding carboxylic acids is 1. The highest BCUT2D eigenvalue weighted by molar-refractivity contribution is 7.10. The standard InChI is InChI=1S/C21H28N2OS/c1-22-12-9-19(10-13-22)17-23(14-11-18-6-3-2-4-7-18)21(24)16-20-8-5-15-25-20/h2-8,15,19H,9-14,16-17H2,1H3. The van der Waals surface area contributed by atoms with Crippen molar-refractivity contribution in [3.8, 4) is 0 Å². The Labute approximate surface area is 155 Å². The van der Waals surface area contributed by atoms with Gasteiger partial charge in [0.15, 0.2) is 0 Å². The molecule has 25 heavy (non-hydrogen) atoms. The SMILES string of the molecule is CN1CCC(CN(CCc2ccccc2)C(=O)Cc2cccs2)CC1. The van der Waals surface area contributed by atoms with Crippen molar-refractivity contribution in [2.45, 2.75) is 25.7 Å². The molecule has 134 valence electrons. The molecule has 0 aliphatic carbocycles. The third kappa shape index (κ3) is 5.68. The van der Waals surface area contributed by atoms with E-state index in [-0.39, 0.29) is 5.91 Å². The maximum Gasteiger partial charge on any atom is 0.227 e. The van der Waals surface area contributed by atoms with Crippen molar-refractivity contribution >= 4 is 17.2 Å². The highest BCUT2D eigenvalue weighted by Crippen LogP contribution is 2.19. The smallest absolute Gasteiger partial charge is 0.227 e. The largest absolute Gasteiger partial charge is 0.342 e. The summed E-state index contributed by atoms with van der Waals surface area (Å²) in [6, 6.07) is 14.6. The summed E-state index contributed by atoms with van der Waals surface area (Å²) in [4.78, 5) is 18.6. The van der Waals surface area contributed by atoms with Gasteiger partial charge in [-0.2, -0.15) is 0 Å². The Kier molecular flexibility index (Phi) is 6.65. The Bertz CT molecular complexity index is 633. The minimum atomic E-state index is 0.275. The Hall–Kier alpha value is -1.65. The molecule has 0 saturated carbocycles. The molecule has 0 N–H and O–H groups in total. The van der Waals surface area contributed by atoms with Crippen LogP contribution in [0.4, 0.5) is 0 Å². The van der Waals surface area contributed by atoms with Crippen molar-refractivity contribution in [3.63, 3.8) is 0 Å². The lowest BCUT2D eigenvalue weighted by Crippen LogP contribution is -2.41. The second-order valence-electron chi connectivity index (χ2n) is 7.08. The lowest BCUT2D eigenvalue weighted by Gasteiger charge is -2.33. The third-order valence-electron chi connectivity index (χ3n) is 5.09. The summed E-state index contributed by atoms with van der Waals surface area (Å²) < 4.78 is 0. The number of benzene rings is 1. The van der Waals surface area contributed by atoms with Gasteiger partial charge in [0, 0.05) is 18.0 Å². The second-order valence-corrected chi connectivity index (χ2v) is 8.11. The van der Waals surface area contributed by atoms with Gasteiger partial charge in [0.1, 0.15) is 0 Å². The highest BCUT2D eigenvalue weighted by atomic mass is 32.1. The van der Waals surface area contributed by atoms with Gasteiger partial charge in [-0.1, -0.05) is 36.4 Å². The molecular weight excluding hydrogens is 328 g/mol. The molecule has 4 heteroatoms. The van der Waals surface area contributed by atoms with E-state index in [9.17, 15) is 4.79 Å². The number of piperidine rings is 1. The van der Waals surface area contributed by atoms with Crippen LogP contribution < -0.4 is 0 Å². The molecule has 0 bridgehead atoms. The van der Waals surface area contributed by atoms with Crippen molar-refractivity contribution in [2.24, 2.45) is 5.92 Å². The molecule has 1 aromatic carbocycles. The van der Waals surface area contributed by atoms with Gasteiger partial charge in [-0.15, -0.1) is 11.3 Å². The molecule has 0 spiro atoms. The summed E-state index contributed by atoms with van der Waals surface area (Å²) in [5.41, 5.74) is 1.31. The highest BCUT2D eigenvalue weighted by Gasteiger charge is 2.22. The first-order valence-electron chi connectivity index (χ1n) is 9.23. The van der Waals surface area contributed by atoms with Gasteiger partial charge in [0.05, 0.1) is 6.42 Å². The summed E-state index contributed by atoms with van der Waals surface area (Å²) in [5, 5.41) is 2.05. The molecule has 1 fully saturated rings. The van der Waals surface area contributed by atoms with Crippen LogP contribution in [0.25, 0.3) is 0 Å². The molecule has 1 aliphatic heterocycles. The van der Waals surface area contributed by atoms with E-state index in [0.717, 1.165) is 37.5 Å². The van der Waals surface area contributed by atoms with Gasteiger partial charge < -0.3 is 9.80 Å². The van der Waals surface area contributed by atoms with E-state index in [1.54, 1.807) is 11.3 Å². The maximum atomic E-state index is 12.9. The molecule has 1 aliphatic rings. The van der Waals surface area contributed by atoms with Crippen LogP contribution in [0, 0.1) is 5.92 Å². The Balaban J connectivity index is 1.61. The Morgan fingerprint density at radius 2 is 1.92 bits per heavy atom. The van der Waals surface area contributed by atoms with Crippen molar-refractivity contribution in [3.05, 3.63) is 58.3 Å². The van der Waals surface area contributed by atoms with Gasteiger partial charge in [0.2, 0.25) is 5.91 Å². The molecule has 1 saturated heterocycles. The van der Waals surface area contributed by atoms with Crippen molar-refractivity contribution in [1.29, 1.82) is 0 Å². The first-order valence-corrected chi connectivity index (χ1v) is 10.1. The topological polar surface area (TPSA) is 23.6 Å². The molecule has 1 amide bonds. The quantitative estimate of drug-likeness (QED) is 0.755. The zero-order chi connectivity index (χ0) is 17.5. The number of hydrogen-bond acceptors (Lipinski definition) is 3. The van der Waals surface area contributed by atoms with Crippen molar-refractivity contribution in [2.75, 3.05) is 33.2 Å². The first kappa shape index (κ1) is 18.2. The number of likely N-dealkylation sites (tertiary alicyclic amines) is 1. The van der Waals surface area contributed by atoms with E-state index in [1.807, 2.05) is 17.5 Å². The van der Waals surface area contributed by atoms with Crippen LogP contribution in [0.3, 0.4) is 0 Å². The first-order chi connectivity index (χ1) is 12.2. The molecule has 2 heterocycles. The Morgan fingerprint density at radius 3 is 2.60 bits per heavy atom. The number of hydrogen-bond donors (Lipinski definition) is 0. The summed E-state index contributed by atoms with van der Waals surface area (Å²) >= 11 is 1.68. The van der Waals surface area contributed by atoms with E-state index in [0.29, 0.717) is 12.3 Å². The van der Waals surface area contributed by atoms with Crippen LogP contribution in [-0.2, 0) is 17.6 Å². The van der Waals surface area contributed by atoms with Crippen LogP contribution in [-0.4, -0.2) is 48.9 Å². The van der Waals surface area contributed by atoms with Crippen LogP contribution in [0.5, 0.6) is 0 Å². The number of carbonyl (C=O) groups is 1. The fourth-order valence-electron chi connectivity index (χ4n) is 3.46. The fraction of sp³-hybridized carbons (Fsp3) is 0.476. The molecule has 0 atom stereocenters. The molecule has 0 radical (unpaired) electrons. The minimum Gasteiger partial charge on any atom is -0.342 e. The average molecular weight is 357 g/mol. The van der Waals surface area contributed by atoms with Gasteiger partial charge in [-0.05, 0) is 62.3 Å². The average Bonchev–Trinajstić information content (AvgIpc) is 3.14. The van der Waals surface area contributed by atoms with E-state index >= 15 is 0 Å². The van der Waals surface area contributed by atoms with Crippen LogP contribution in [0.1, 0.15) is 23.3 Å². The lowest BCUT2D eigenvalue weighted by atomic mass is 9.96. The zero-order valence-corrected chi connectivity index (χ0v) is 15.9. The second kappa shape index (κ2) is 9.16. The molecular formula is C21H28N2OS. The molecule has 1 aromatic heterocycles. The number of amides is 1. The molecule has 2 aromatic rings. The van der Waals surface area contributed by atoms with Crippen LogP contribution in [0.15, 0.2) is 47.8 Å². The van der Waals surface area contributed by atoms with E-state index in [4.69, 9.17) is 0 Å². The van der Waals surface area contributed by atoms with E-state index < -0.39 is 0 Å². The lowest BCUT2D eigenvalue weighted by molar-refractivity contribution is -0.131. The van der Waals surface area contributed by atoms with Crippen molar-refractivity contribution < 1.29 is 4.79 Å². The molecule has 3 rings (SSSR count). The number of rotatable bonds is 7. The van der Waals surface area contributed by atoms with E-state index in [1.165, 1.54) is 18.4 Å². The summed E-state index contributed by atoms with van der Waals surface area (Å²) in [6.45, 7) is 4.03. The number of nitrogens with zero attached hydrogens (tertiary/aromatic N) is 2. The van der Waals surface area contributed by atoms with Gasteiger partial charge in [-0.3, -0.25) is 4.79 Å². The zero-order valence-electron chi connectivity index (χ0n) is 15.1. The van der Waals surface area contributed by atoms with Crippen molar-refractivity contribution in [1.82, 2.24) is 9.80 Å². The predicted molar refractivity (Wildman–Crippen MR) is 105 cm³/mol. The monoisotopic (exact) mass is 356 g/mol.